The maximum atomic E-state index is 10.1. The zero-order valence-corrected chi connectivity index (χ0v) is 13.4. The van der Waals surface area contributed by atoms with Crippen molar-refractivity contribution in [2.75, 3.05) is 13.2 Å². The number of halogens is 1. The molecule has 0 spiro atoms. The van der Waals surface area contributed by atoms with Crippen LogP contribution in [0.5, 0.6) is 0 Å². The Morgan fingerprint density at radius 2 is 1.38 bits per heavy atom. The highest BCUT2D eigenvalue weighted by Gasteiger charge is 2.50. The van der Waals surface area contributed by atoms with E-state index in [0.717, 1.165) is 0 Å². The second-order valence-electron chi connectivity index (χ2n) is 5.70. The van der Waals surface area contributed by atoms with Gasteiger partial charge in [0, 0.05) is 0 Å². The Labute approximate surface area is 143 Å². The third-order valence-corrected chi connectivity index (χ3v) is 4.14. The van der Waals surface area contributed by atoms with Gasteiger partial charge in [-0.05, 0) is 0 Å². The van der Waals surface area contributed by atoms with Gasteiger partial charge >= 0.3 is 0 Å². The summed E-state index contributed by atoms with van der Waals surface area (Å²) in [6, 6.07) is -0.979. The first-order chi connectivity index (χ1) is 10.8. The minimum atomic E-state index is -1.66. The first-order valence-electron chi connectivity index (χ1n) is 7.23. The summed E-state index contributed by atoms with van der Waals surface area (Å²) in [4.78, 5) is 0. The fourth-order valence-corrected chi connectivity index (χ4v) is 2.64. The normalized spacial score (nSPS) is 49.5. The quantitative estimate of drug-likeness (QED) is 0.233. The van der Waals surface area contributed by atoms with E-state index < -0.39 is 74.6 Å². The fraction of sp³-hybridized carbons (Fsp3) is 1.00. The molecule has 24 heavy (non-hydrogen) atoms. The first-order valence-corrected chi connectivity index (χ1v) is 7.23. The van der Waals surface area contributed by atoms with Crippen molar-refractivity contribution in [1.29, 1.82) is 0 Å². The lowest BCUT2D eigenvalue weighted by Gasteiger charge is -2.44. The fourth-order valence-electron chi connectivity index (χ4n) is 2.64. The van der Waals surface area contributed by atoms with Crippen molar-refractivity contribution < 1.29 is 68.1 Å². The van der Waals surface area contributed by atoms with Crippen LogP contribution in [0.1, 0.15) is 0 Å². The standard InChI is InChI=1S/C12H23NO10.ClH/c13-5-7(17)10(4(2-15)21-11(5)20)23-12-9(19)8(18)6(16)3(1-14)22-12;/h3-12,14-20H,1-2,13H2;1H/t3?,4?,5?,6-,7+,8-,9?,10?,11-,12-;/m0./s1. The van der Waals surface area contributed by atoms with E-state index in [1.807, 2.05) is 0 Å². The molecule has 2 heterocycles. The van der Waals surface area contributed by atoms with Crippen LogP contribution in [0, 0.1) is 0 Å². The van der Waals surface area contributed by atoms with Crippen LogP contribution >= 0.6 is 0 Å². The molecule has 144 valence electrons. The summed E-state index contributed by atoms with van der Waals surface area (Å²) >= 11 is 0. The third-order valence-electron chi connectivity index (χ3n) is 4.14. The van der Waals surface area contributed by atoms with Crippen molar-refractivity contribution in [1.82, 2.24) is 0 Å². The van der Waals surface area contributed by atoms with Crippen molar-refractivity contribution in [2.24, 2.45) is 0 Å². The van der Waals surface area contributed by atoms with Crippen LogP contribution in [0.3, 0.4) is 0 Å². The zero-order chi connectivity index (χ0) is 17.3. The summed E-state index contributed by atoms with van der Waals surface area (Å²) in [5.74, 6) is 0. The van der Waals surface area contributed by atoms with Crippen molar-refractivity contribution in [3.8, 4) is 0 Å². The zero-order valence-electron chi connectivity index (χ0n) is 12.6. The molecule has 5 unspecified atom stereocenters. The third kappa shape index (κ3) is 4.15. The molecule has 2 aliphatic heterocycles. The molecule has 0 bridgehead atoms. The molecule has 12 heteroatoms. The molecule has 0 radical (unpaired) electrons. The molecule has 11 nitrogen and oxygen atoms in total. The average molecular weight is 378 g/mol. The minimum absolute atomic E-state index is 0. The molecule has 0 aromatic carbocycles. The smallest absolute Gasteiger partial charge is 0.211 e. The predicted molar refractivity (Wildman–Crippen MR) is 69.3 cm³/mol. The van der Waals surface area contributed by atoms with Gasteiger partial charge in [-0.2, -0.15) is 0 Å². The molecule has 0 aliphatic carbocycles. The Morgan fingerprint density at radius 3 is 1.92 bits per heavy atom. The second-order valence-corrected chi connectivity index (χ2v) is 5.70. The van der Waals surface area contributed by atoms with E-state index in [2.05, 4.69) is 5.73 Å². The van der Waals surface area contributed by atoms with E-state index >= 15 is 0 Å². The van der Waals surface area contributed by atoms with Crippen molar-refractivity contribution in [3.63, 3.8) is 0 Å². The summed E-state index contributed by atoms with van der Waals surface area (Å²) < 4.78 is 15.6. The lowest BCUT2D eigenvalue weighted by Crippen LogP contribution is -3.00. The lowest BCUT2D eigenvalue weighted by atomic mass is 9.96. The molecular weight excluding hydrogens is 354 g/mol. The van der Waals surface area contributed by atoms with Gasteiger partial charge in [0.15, 0.2) is 12.3 Å². The second kappa shape index (κ2) is 8.98. The Kier molecular flexibility index (Phi) is 8.19. The highest BCUT2D eigenvalue weighted by Crippen LogP contribution is 2.27. The summed E-state index contributed by atoms with van der Waals surface area (Å²) in [5, 5.41) is 67.5. The molecule has 0 aromatic rings. The van der Waals surface area contributed by atoms with Gasteiger partial charge in [0.05, 0.1) is 13.2 Å². The van der Waals surface area contributed by atoms with E-state index in [9.17, 15) is 30.6 Å². The van der Waals surface area contributed by atoms with E-state index in [-0.39, 0.29) is 12.4 Å². The van der Waals surface area contributed by atoms with Crippen molar-refractivity contribution in [2.45, 2.75) is 61.3 Å². The number of quaternary nitrogens is 1. The van der Waals surface area contributed by atoms with Crippen LogP contribution in [-0.2, 0) is 14.2 Å². The molecule has 10 atom stereocenters. The number of aliphatic hydroxyl groups excluding tert-OH is 7. The van der Waals surface area contributed by atoms with Crippen molar-refractivity contribution in [3.05, 3.63) is 0 Å². The van der Waals surface area contributed by atoms with Gasteiger partial charge in [0.1, 0.15) is 42.7 Å². The summed E-state index contributed by atoms with van der Waals surface area (Å²) in [5.41, 5.74) is 3.53. The van der Waals surface area contributed by atoms with Gasteiger partial charge in [0.2, 0.25) is 6.29 Å². The molecular formula is C12H24ClNO10. The largest absolute Gasteiger partial charge is 1.00 e. The van der Waals surface area contributed by atoms with Gasteiger partial charge in [-0.25, -0.2) is 0 Å². The Balaban J connectivity index is 0.00000288. The van der Waals surface area contributed by atoms with E-state index in [1.165, 1.54) is 0 Å². The highest BCUT2D eigenvalue weighted by molar-refractivity contribution is 4.93. The predicted octanol–water partition coefficient (Wildman–Crippen LogP) is -9.14. The number of rotatable bonds is 4. The maximum Gasteiger partial charge on any atom is 0.211 e. The summed E-state index contributed by atoms with van der Waals surface area (Å²) in [6.45, 7) is -1.22. The van der Waals surface area contributed by atoms with Crippen LogP contribution in [0.2, 0.25) is 0 Å². The monoisotopic (exact) mass is 377 g/mol. The number of ether oxygens (including phenoxy) is 3. The Morgan fingerprint density at radius 1 is 0.792 bits per heavy atom. The molecule has 0 saturated carbocycles. The SMILES string of the molecule is [Cl-].[NH3+]C1[C@@H](O)C(O[C@@H]2OC(CO)[C@H](O)[C@H](O)C2O)C(CO)O[C@@H]1O. The molecule has 2 saturated heterocycles. The number of hydrogen-bond donors (Lipinski definition) is 8. The van der Waals surface area contributed by atoms with Gasteiger partial charge < -0.3 is 68.1 Å². The summed E-state index contributed by atoms with van der Waals surface area (Å²) in [6.07, 6.45) is -12.6. The van der Waals surface area contributed by atoms with Crippen LogP contribution in [-0.4, -0.2) is 110 Å². The first kappa shape index (κ1) is 21.9. The van der Waals surface area contributed by atoms with E-state index in [0.29, 0.717) is 0 Å². The van der Waals surface area contributed by atoms with Gasteiger partial charge in [-0.15, -0.1) is 0 Å². The topological polar surface area (TPSA) is 197 Å². The van der Waals surface area contributed by atoms with Crippen LogP contribution in [0.15, 0.2) is 0 Å². The van der Waals surface area contributed by atoms with Gasteiger partial charge in [-0.1, -0.05) is 0 Å². The Hall–Kier alpha value is -0.150. The van der Waals surface area contributed by atoms with Crippen LogP contribution in [0.4, 0.5) is 0 Å². The average Bonchev–Trinajstić information content (AvgIpc) is 2.55. The molecule has 0 amide bonds. The highest BCUT2D eigenvalue weighted by atomic mass is 35.5. The van der Waals surface area contributed by atoms with Crippen molar-refractivity contribution >= 4 is 0 Å². The molecule has 2 fully saturated rings. The molecule has 2 aliphatic rings. The molecule has 2 rings (SSSR count). The van der Waals surface area contributed by atoms with E-state index in [1.54, 1.807) is 0 Å². The number of aliphatic hydroxyl groups is 7. The summed E-state index contributed by atoms with van der Waals surface area (Å²) in [7, 11) is 0. The minimum Gasteiger partial charge on any atom is -1.00 e. The van der Waals surface area contributed by atoms with Gasteiger partial charge in [-0.3, -0.25) is 0 Å². The van der Waals surface area contributed by atoms with Crippen LogP contribution < -0.4 is 18.1 Å². The molecule has 0 aromatic heterocycles. The lowest BCUT2D eigenvalue weighted by molar-refractivity contribution is -0.502. The Bertz CT molecular complexity index is 389. The van der Waals surface area contributed by atoms with E-state index in [4.69, 9.17) is 19.3 Å². The maximum absolute atomic E-state index is 10.1. The number of hydrogen-bond acceptors (Lipinski definition) is 10. The van der Waals surface area contributed by atoms with Gasteiger partial charge in [0.25, 0.3) is 0 Å². The molecule has 10 N–H and O–H groups in total. The van der Waals surface area contributed by atoms with Crippen LogP contribution in [0.25, 0.3) is 0 Å².